The van der Waals surface area contributed by atoms with Crippen molar-refractivity contribution in [1.29, 1.82) is 0 Å². The Kier molecular flexibility index (Phi) is 31.1. The molecule has 0 amide bonds. The predicted octanol–water partition coefficient (Wildman–Crippen LogP) is -1.96. The van der Waals surface area contributed by atoms with E-state index >= 15 is 0 Å². The first-order valence-corrected chi connectivity index (χ1v) is 2.94. The van der Waals surface area contributed by atoms with Gasteiger partial charge in [-0.05, 0) is 0 Å². The van der Waals surface area contributed by atoms with Gasteiger partial charge in [0.2, 0.25) is 0 Å². The Bertz CT molecular complexity index is 146. The molecule has 0 fully saturated rings. The quantitative estimate of drug-likeness (QED) is 0.390. The van der Waals surface area contributed by atoms with Gasteiger partial charge in [0.05, 0.1) is 0 Å². The first-order chi connectivity index (χ1) is 5.83. The number of carbonyl (C=O) groups is 2. The average molecular weight is 375 g/mol. The van der Waals surface area contributed by atoms with E-state index in [0.717, 1.165) is 0 Å². The van der Waals surface area contributed by atoms with E-state index in [-0.39, 0.29) is 27.3 Å². The smallest absolute Gasteiger partial charge is 0.554 e. The molecule has 68 valence electrons. The van der Waals surface area contributed by atoms with Gasteiger partial charge in [0.1, 0.15) is 0 Å². The van der Waals surface area contributed by atoms with Crippen LogP contribution in [-0.4, -0.2) is 40.2 Å². The third kappa shape index (κ3) is 35.4. The summed E-state index contributed by atoms with van der Waals surface area (Å²) in [6, 6.07) is 12.0. The minimum atomic E-state index is -0.500. The maximum atomic E-state index is 8.25. The van der Waals surface area contributed by atoms with Gasteiger partial charge in [-0.2, -0.15) is 0 Å². The van der Waals surface area contributed by atoms with Crippen molar-refractivity contribution in [2.45, 2.75) is 0 Å². The van der Waals surface area contributed by atoms with Crippen molar-refractivity contribution in [1.82, 2.24) is 0 Å². The molecule has 0 saturated heterocycles. The molecule has 0 saturated carbocycles. The molecule has 1 aromatic carbocycles. The molecule has 0 N–H and O–H groups in total. The van der Waals surface area contributed by atoms with Crippen molar-refractivity contribution >= 4 is 40.2 Å². The zero-order valence-electron chi connectivity index (χ0n) is 6.75. The first-order valence-electron chi connectivity index (χ1n) is 2.94. The molecule has 1 aromatic rings. The Balaban J connectivity index is -0.000000126. The number of benzene rings is 1. The molecule has 4 nitrogen and oxygen atoms in total. The molecule has 2 radical (unpaired) electrons. The third-order valence-electron chi connectivity index (χ3n) is 0.667. The fraction of sp³-hybridized carbons (Fsp3) is 0. The van der Waals surface area contributed by atoms with Crippen LogP contribution in [-0.2, 0) is 9.59 Å². The summed E-state index contributed by atoms with van der Waals surface area (Å²) in [4.78, 5) is 16.5. The fourth-order valence-electron chi connectivity index (χ4n) is 0.385. The average Bonchev–Trinajstić information content (AvgIpc) is 2.10. The van der Waals surface area contributed by atoms with E-state index in [4.69, 9.17) is 19.8 Å². The zero-order chi connectivity index (χ0) is 9.66. The summed E-state index contributed by atoms with van der Waals surface area (Å²) in [7, 11) is 0. The van der Waals surface area contributed by atoms with Crippen LogP contribution in [0.3, 0.4) is 0 Å². The largest absolute Gasteiger partial charge is 2.00 e. The Labute approximate surface area is 96.4 Å². The van der Waals surface area contributed by atoms with Crippen molar-refractivity contribution in [3.8, 4) is 0 Å². The van der Waals surface area contributed by atoms with Crippen LogP contribution < -0.4 is 10.2 Å². The molecule has 0 heterocycles. The maximum absolute atomic E-state index is 8.25. The summed E-state index contributed by atoms with van der Waals surface area (Å²) in [5, 5.41) is 16.5. The Hall–Kier alpha value is -0.918. The number of carbonyl (C=O) groups excluding carboxylic acids is 2. The normalized spacial score (nSPS) is 5.54. The number of rotatable bonds is 0. The van der Waals surface area contributed by atoms with E-state index < -0.39 is 12.9 Å². The monoisotopic (exact) mass is 376 g/mol. The summed E-state index contributed by atoms with van der Waals surface area (Å²) in [6.07, 6.45) is 0. The van der Waals surface area contributed by atoms with Gasteiger partial charge in [0, 0.05) is 12.9 Å². The molecular formula is C8H8O4Pb. The molecule has 0 bridgehead atoms. The fourth-order valence-corrected chi connectivity index (χ4v) is 0.385. The number of hydrogen-bond donors (Lipinski definition) is 0. The summed E-state index contributed by atoms with van der Waals surface area (Å²) >= 11 is 0. The number of carboxylic acid groups (broad SMARTS) is 2. The molecule has 0 aliphatic rings. The summed E-state index contributed by atoms with van der Waals surface area (Å²) in [6.45, 7) is -1.00. The van der Waals surface area contributed by atoms with E-state index in [9.17, 15) is 0 Å². The summed E-state index contributed by atoms with van der Waals surface area (Å²) < 4.78 is 0. The number of hydrogen-bond acceptors (Lipinski definition) is 4. The SMILES string of the molecule is O=C[O-].O=C[O-].[Pb+2].c1ccccc1. The van der Waals surface area contributed by atoms with E-state index in [1.165, 1.54) is 0 Å². The van der Waals surface area contributed by atoms with Crippen molar-refractivity contribution < 1.29 is 19.8 Å². The van der Waals surface area contributed by atoms with Crippen LogP contribution in [0.1, 0.15) is 0 Å². The van der Waals surface area contributed by atoms with Gasteiger partial charge >= 0.3 is 27.3 Å². The summed E-state index contributed by atoms with van der Waals surface area (Å²) in [5.41, 5.74) is 0. The maximum Gasteiger partial charge on any atom is 2.00 e. The van der Waals surface area contributed by atoms with Crippen LogP contribution in [0.2, 0.25) is 0 Å². The van der Waals surface area contributed by atoms with Crippen LogP contribution in [0.25, 0.3) is 0 Å². The van der Waals surface area contributed by atoms with Crippen LogP contribution >= 0.6 is 0 Å². The van der Waals surface area contributed by atoms with Crippen molar-refractivity contribution in [3.05, 3.63) is 36.4 Å². The van der Waals surface area contributed by atoms with E-state index in [1.807, 2.05) is 36.4 Å². The second kappa shape index (κ2) is 22.5. The second-order valence-electron chi connectivity index (χ2n) is 1.35. The van der Waals surface area contributed by atoms with Gasteiger partial charge in [0.25, 0.3) is 0 Å². The molecule has 0 atom stereocenters. The molecule has 0 unspecified atom stereocenters. The van der Waals surface area contributed by atoms with Gasteiger partial charge in [-0.15, -0.1) is 0 Å². The molecular weight excluding hydrogens is 367 g/mol. The summed E-state index contributed by atoms with van der Waals surface area (Å²) in [5.74, 6) is 0. The van der Waals surface area contributed by atoms with Crippen LogP contribution in [0.4, 0.5) is 0 Å². The van der Waals surface area contributed by atoms with Gasteiger partial charge in [-0.1, -0.05) is 36.4 Å². The first kappa shape index (κ1) is 18.0. The van der Waals surface area contributed by atoms with Gasteiger partial charge in [0.15, 0.2) is 0 Å². The molecule has 0 spiro atoms. The standard InChI is InChI=1S/C6H6.2CH2O2.Pb/c1-2-4-6-5-3-1;2*2-1-3;/h1-6H;2*1H,(H,2,3);/q;;;+2/p-2. The van der Waals surface area contributed by atoms with Crippen molar-refractivity contribution in [3.63, 3.8) is 0 Å². The van der Waals surface area contributed by atoms with Crippen molar-refractivity contribution in [2.24, 2.45) is 0 Å². The minimum Gasteiger partial charge on any atom is -0.554 e. The van der Waals surface area contributed by atoms with Gasteiger partial charge in [-0.3, -0.25) is 0 Å². The second-order valence-corrected chi connectivity index (χ2v) is 1.35. The Morgan fingerprint density at radius 1 is 0.692 bits per heavy atom. The molecule has 5 heteroatoms. The van der Waals surface area contributed by atoms with Gasteiger partial charge < -0.3 is 19.8 Å². The topological polar surface area (TPSA) is 80.3 Å². The molecule has 13 heavy (non-hydrogen) atoms. The Morgan fingerprint density at radius 2 is 0.769 bits per heavy atom. The van der Waals surface area contributed by atoms with Crippen molar-refractivity contribution in [2.75, 3.05) is 0 Å². The Morgan fingerprint density at radius 3 is 0.846 bits per heavy atom. The minimum absolute atomic E-state index is 0. The van der Waals surface area contributed by atoms with Crippen LogP contribution in [0.15, 0.2) is 36.4 Å². The zero-order valence-corrected chi connectivity index (χ0v) is 10.6. The third-order valence-corrected chi connectivity index (χ3v) is 0.667. The van der Waals surface area contributed by atoms with E-state index in [1.54, 1.807) is 0 Å². The molecule has 0 aromatic heterocycles. The van der Waals surface area contributed by atoms with E-state index in [2.05, 4.69) is 0 Å². The van der Waals surface area contributed by atoms with Crippen LogP contribution in [0, 0.1) is 0 Å². The van der Waals surface area contributed by atoms with Gasteiger partial charge in [-0.25, -0.2) is 0 Å². The van der Waals surface area contributed by atoms with E-state index in [0.29, 0.717) is 0 Å². The van der Waals surface area contributed by atoms with Crippen LogP contribution in [0.5, 0.6) is 0 Å². The predicted molar refractivity (Wildman–Crippen MR) is 44.3 cm³/mol. The molecule has 1 rings (SSSR count). The molecule has 0 aliphatic heterocycles. The molecule has 0 aliphatic carbocycles.